The van der Waals surface area contributed by atoms with Crippen LogP contribution in [0.1, 0.15) is 16.4 Å². The van der Waals surface area contributed by atoms with E-state index in [1.54, 1.807) is 42.1 Å². The second-order valence-electron chi connectivity index (χ2n) is 8.91. The molecule has 4 aromatic rings. The summed E-state index contributed by atoms with van der Waals surface area (Å²) < 4.78 is 20.6. The summed E-state index contributed by atoms with van der Waals surface area (Å²) in [5, 5.41) is 7.96. The first-order valence-electron chi connectivity index (χ1n) is 12.3. The number of hydrogen-bond acceptors (Lipinski definition) is 5. The van der Waals surface area contributed by atoms with Crippen molar-refractivity contribution in [3.05, 3.63) is 101 Å². The van der Waals surface area contributed by atoms with Crippen molar-refractivity contribution in [1.29, 1.82) is 0 Å². The van der Waals surface area contributed by atoms with E-state index in [1.807, 2.05) is 36.4 Å². The van der Waals surface area contributed by atoms with Crippen LogP contribution in [-0.2, 0) is 14.3 Å². The van der Waals surface area contributed by atoms with Crippen LogP contribution in [-0.4, -0.2) is 54.2 Å². The molecule has 0 saturated carbocycles. The maximum Gasteiger partial charge on any atom is 0.240 e. The predicted molar refractivity (Wildman–Crippen MR) is 152 cm³/mol. The first-order valence-corrected chi connectivity index (χ1v) is 13.8. The van der Waals surface area contributed by atoms with E-state index < -0.39 is 0 Å². The number of thioether (sulfide) groups is 1. The lowest BCUT2D eigenvalue weighted by atomic mass is 9.99. The molecule has 1 aliphatic heterocycles. The molecular formula is C29H26ClFN4O3S. The Labute approximate surface area is 234 Å². The third-order valence-corrected chi connectivity index (χ3v) is 7.78. The molecule has 0 spiro atoms. The van der Waals surface area contributed by atoms with Gasteiger partial charge in [-0.2, -0.15) is 5.10 Å². The molecule has 10 heteroatoms. The van der Waals surface area contributed by atoms with Crippen molar-refractivity contribution in [2.24, 2.45) is 0 Å². The molecule has 39 heavy (non-hydrogen) atoms. The van der Waals surface area contributed by atoms with Gasteiger partial charge in [-0.15, -0.1) is 11.8 Å². The number of halogens is 2. The van der Waals surface area contributed by atoms with Gasteiger partial charge in [0.25, 0.3) is 0 Å². The number of carbonyl (C=O) groups excluding carboxylic acids is 2. The van der Waals surface area contributed by atoms with Gasteiger partial charge in [-0.3, -0.25) is 14.5 Å². The van der Waals surface area contributed by atoms with E-state index in [2.05, 4.69) is 5.32 Å². The molecule has 1 atom stereocenters. The zero-order valence-corrected chi connectivity index (χ0v) is 22.7. The van der Waals surface area contributed by atoms with E-state index >= 15 is 0 Å². The van der Waals surface area contributed by atoms with Gasteiger partial charge < -0.3 is 10.1 Å². The minimum Gasteiger partial charge on any atom is -0.383 e. The fourth-order valence-electron chi connectivity index (χ4n) is 4.51. The maximum absolute atomic E-state index is 13.9. The fourth-order valence-corrected chi connectivity index (χ4v) is 5.89. The predicted octanol–water partition coefficient (Wildman–Crippen LogP) is 5.26. The fraction of sp³-hybridized carbons (Fsp3) is 0.207. The molecule has 7 nitrogen and oxygen atoms in total. The molecule has 3 aromatic carbocycles. The standard InChI is InChI=1S/C29H26ClFN4O3S/c1-38-15-14-32-24(36)17-34-25(37)18-39-28(20-10-12-22(31)13-11-20)26-27(19-6-3-2-4-7-19)33-35(29(26)34)23-9-5-8-21(30)16-23/h2-13,16,28H,14-15,17-18H2,1H3,(H,32,36). The number of benzene rings is 3. The Morgan fingerprint density at radius 2 is 1.90 bits per heavy atom. The second kappa shape index (κ2) is 12.0. The van der Waals surface area contributed by atoms with Gasteiger partial charge in [-0.05, 0) is 35.9 Å². The van der Waals surface area contributed by atoms with Crippen molar-refractivity contribution in [2.75, 3.05) is 37.5 Å². The van der Waals surface area contributed by atoms with E-state index in [4.69, 9.17) is 21.4 Å². The number of hydrogen-bond donors (Lipinski definition) is 1. The third-order valence-electron chi connectivity index (χ3n) is 6.29. The molecule has 1 aromatic heterocycles. The molecule has 2 heterocycles. The highest BCUT2D eigenvalue weighted by Gasteiger charge is 2.37. The second-order valence-corrected chi connectivity index (χ2v) is 10.4. The Kier molecular flexibility index (Phi) is 8.30. The Bertz CT molecular complexity index is 1480. The van der Waals surface area contributed by atoms with E-state index in [0.717, 1.165) is 16.7 Å². The Morgan fingerprint density at radius 1 is 1.13 bits per heavy atom. The number of methoxy groups -OCH3 is 1. The zero-order chi connectivity index (χ0) is 27.4. The van der Waals surface area contributed by atoms with Crippen LogP contribution in [0.2, 0.25) is 5.02 Å². The molecule has 0 bridgehead atoms. The van der Waals surface area contributed by atoms with Crippen LogP contribution in [0.5, 0.6) is 0 Å². The Morgan fingerprint density at radius 3 is 2.62 bits per heavy atom. The number of aromatic nitrogens is 2. The average molecular weight is 565 g/mol. The molecular weight excluding hydrogens is 539 g/mol. The lowest BCUT2D eigenvalue weighted by molar-refractivity contribution is -0.123. The summed E-state index contributed by atoms with van der Waals surface area (Å²) in [4.78, 5) is 28.1. The number of nitrogens with zero attached hydrogens (tertiary/aromatic N) is 3. The number of rotatable bonds is 8. The van der Waals surface area contributed by atoms with Gasteiger partial charge in [0.2, 0.25) is 11.8 Å². The molecule has 0 radical (unpaired) electrons. The number of amides is 2. The third kappa shape index (κ3) is 5.85. The van der Waals surface area contributed by atoms with E-state index in [1.165, 1.54) is 28.8 Å². The summed E-state index contributed by atoms with van der Waals surface area (Å²) in [6, 6.07) is 23.1. The summed E-state index contributed by atoms with van der Waals surface area (Å²) in [6.07, 6.45) is 0. The highest BCUT2D eigenvalue weighted by Crippen LogP contribution is 2.48. The molecule has 200 valence electrons. The maximum atomic E-state index is 13.9. The van der Waals surface area contributed by atoms with Gasteiger partial charge in [-0.25, -0.2) is 9.07 Å². The SMILES string of the molecule is COCCNC(=O)CN1C(=O)CSC(c2ccc(F)cc2)c2c(-c3ccccc3)nn(-c3cccc(Cl)c3)c21. The van der Waals surface area contributed by atoms with Crippen molar-refractivity contribution in [2.45, 2.75) is 5.25 Å². The highest BCUT2D eigenvalue weighted by atomic mass is 35.5. The van der Waals surface area contributed by atoms with Gasteiger partial charge in [0, 0.05) is 29.8 Å². The number of anilines is 1. The smallest absolute Gasteiger partial charge is 0.240 e. The summed E-state index contributed by atoms with van der Waals surface area (Å²) in [6.45, 7) is 0.471. The monoisotopic (exact) mass is 564 g/mol. The van der Waals surface area contributed by atoms with E-state index in [-0.39, 0.29) is 35.2 Å². The average Bonchev–Trinajstić information content (AvgIpc) is 3.27. The molecule has 1 N–H and O–H groups in total. The lowest BCUT2D eigenvalue weighted by Gasteiger charge is -2.23. The van der Waals surface area contributed by atoms with Gasteiger partial charge in [-0.1, -0.05) is 60.1 Å². The van der Waals surface area contributed by atoms with Crippen LogP contribution < -0.4 is 10.2 Å². The Hall–Kier alpha value is -3.66. The molecule has 1 aliphatic rings. The number of nitrogens with one attached hydrogen (secondary N) is 1. The molecule has 0 fully saturated rings. The first kappa shape index (κ1) is 26.9. The number of carbonyl (C=O) groups is 2. The van der Waals surface area contributed by atoms with Crippen LogP contribution in [0.4, 0.5) is 10.2 Å². The highest BCUT2D eigenvalue weighted by molar-refractivity contribution is 8.00. The zero-order valence-electron chi connectivity index (χ0n) is 21.1. The van der Waals surface area contributed by atoms with Crippen molar-refractivity contribution >= 4 is 41.0 Å². The normalized spacial score (nSPS) is 15.1. The first-order chi connectivity index (χ1) is 19.0. The van der Waals surface area contributed by atoms with Crippen molar-refractivity contribution in [3.8, 4) is 16.9 Å². The van der Waals surface area contributed by atoms with Gasteiger partial charge in [0.15, 0.2) is 0 Å². The Balaban J connectivity index is 1.75. The summed E-state index contributed by atoms with van der Waals surface area (Å²) >= 11 is 7.78. The lowest BCUT2D eigenvalue weighted by Crippen LogP contribution is -2.43. The van der Waals surface area contributed by atoms with Gasteiger partial charge in [0.05, 0.1) is 29.0 Å². The minimum absolute atomic E-state index is 0.117. The quantitative estimate of drug-likeness (QED) is 0.295. The summed E-state index contributed by atoms with van der Waals surface area (Å²) in [7, 11) is 1.55. The number of fused-ring (bicyclic) bond motifs is 1. The van der Waals surface area contributed by atoms with Crippen LogP contribution >= 0.6 is 23.4 Å². The number of ether oxygens (including phenoxy) is 1. The van der Waals surface area contributed by atoms with Crippen LogP contribution in [0.15, 0.2) is 78.9 Å². The van der Waals surface area contributed by atoms with Crippen molar-refractivity contribution in [1.82, 2.24) is 15.1 Å². The summed E-state index contributed by atoms with van der Waals surface area (Å²) in [5.41, 5.74) is 3.73. The largest absolute Gasteiger partial charge is 0.383 e. The molecule has 0 saturated heterocycles. The van der Waals surface area contributed by atoms with E-state index in [0.29, 0.717) is 35.4 Å². The van der Waals surface area contributed by atoms with Gasteiger partial charge >= 0.3 is 0 Å². The summed E-state index contributed by atoms with van der Waals surface area (Å²) in [5.74, 6) is -0.318. The van der Waals surface area contributed by atoms with Crippen molar-refractivity contribution < 1.29 is 18.7 Å². The molecule has 1 unspecified atom stereocenters. The molecule has 2 amide bonds. The molecule has 0 aliphatic carbocycles. The van der Waals surface area contributed by atoms with Crippen LogP contribution in [0.3, 0.4) is 0 Å². The minimum atomic E-state index is -0.353. The van der Waals surface area contributed by atoms with Crippen LogP contribution in [0.25, 0.3) is 16.9 Å². The van der Waals surface area contributed by atoms with E-state index in [9.17, 15) is 14.0 Å². The van der Waals surface area contributed by atoms with Crippen molar-refractivity contribution in [3.63, 3.8) is 0 Å². The van der Waals surface area contributed by atoms with Crippen LogP contribution in [0, 0.1) is 5.82 Å². The topological polar surface area (TPSA) is 76.5 Å². The molecule has 5 rings (SSSR count). The van der Waals surface area contributed by atoms with Gasteiger partial charge in [0.1, 0.15) is 18.2 Å².